The van der Waals surface area contributed by atoms with Crippen LogP contribution in [0.5, 0.6) is 5.75 Å². The van der Waals surface area contributed by atoms with Crippen LogP contribution in [0.1, 0.15) is 12.5 Å². The maximum atomic E-state index is 5.18. The van der Waals surface area contributed by atoms with E-state index in [1.54, 1.807) is 7.11 Å². The smallest absolute Gasteiger partial charge is 0.118 e. The van der Waals surface area contributed by atoms with E-state index in [1.165, 1.54) is 11.1 Å². The standard InChI is InChI=1S/C16H24N2O/c1-14(2)12-17-8-10-18(11-9-17)13-15-4-6-16(19-3)7-5-15/h4-7H,1,8-13H2,2-3H3. The van der Waals surface area contributed by atoms with Gasteiger partial charge in [-0.25, -0.2) is 0 Å². The molecule has 0 aromatic heterocycles. The fourth-order valence-corrected chi connectivity index (χ4v) is 2.48. The summed E-state index contributed by atoms with van der Waals surface area (Å²) in [4.78, 5) is 4.99. The van der Waals surface area contributed by atoms with Crippen LogP contribution >= 0.6 is 0 Å². The minimum atomic E-state index is 0.926. The van der Waals surface area contributed by atoms with Gasteiger partial charge in [-0.3, -0.25) is 9.80 Å². The molecule has 1 aliphatic heterocycles. The molecular formula is C16H24N2O. The third kappa shape index (κ3) is 4.37. The van der Waals surface area contributed by atoms with Crippen LogP contribution in [0.4, 0.5) is 0 Å². The first kappa shape index (κ1) is 14.1. The van der Waals surface area contributed by atoms with Crippen molar-refractivity contribution < 1.29 is 4.74 Å². The molecule has 2 rings (SSSR count). The molecule has 0 amide bonds. The zero-order valence-corrected chi connectivity index (χ0v) is 12.1. The Labute approximate surface area is 116 Å². The first-order valence-corrected chi connectivity index (χ1v) is 6.89. The second-order valence-corrected chi connectivity index (χ2v) is 5.36. The van der Waals surface area contributed by atoms with Crippen molar-refractivity contribution in [3.8, 4) is 5.75 Å². The molecule has 1 heterocycles. The third-order valence-corrected chi connectivity index (χ3v) is 3.52. The summed E-state index contributed by atoms with van der Waals surface area (Å²) in [7, 11) is 1.70. The van der Waals surface area contributed by atoms with Crippen LogP contribution in [-0.4, -0.2) is 49.6 Å². The van der Waals surface area contributed by atoms with Gasteiger partial charge in [0.1, 0.15) is 5.75 Å². The van der Waals surface area contributed by atoms with E-state index in [0.717, 1.165) is 45.0 Å². The highest BCUT2D eigenvalue weighted by Crippen LogP contribution is 2.14. The number of benzene rings is 1. The molecule has 0 N–H and O–H groups in total. The number of piperazine rings is 1. The molecule has 0 atom stereocenters. The zero-order chi connectivity index (χ0) is 13.7. The summed E-state index contributed by atoms with van der Waals surface area (Å²) < 4.78 is 5.18. The SMILES string of the molecule is C=C(C)CN1CCN(Cc2ccc(OC)cc2)CC1. The molecule has 0 bridgehead atoms. The second kappa shape index (κ2) is 6.73. The predicted octanol–water partition coefficient (Wildman–Crippen LogP) is 2.39. The van der Waals surface area contributed by atoms with E-state index < -0.39 is 0 Å². The first-order valence-electron chi connectivity index (χ1n) is 6.89. The van der Waals surface area contributed by atoms with Gasteiger partial charge in [-0.15, -0.1) is 0 Å². The van der Waals surface area contributed by atoms with Gasteiger partial charge in [0.25, 0.3) is 0 Å². The Bertz CT molecular complexity index is 405. The molecule has 0 saturated carbocycles. The van der Waals surface area contributed by atoms with Crippen LogP contribution in [-0.2, 0) is 6.54 Å². The van der Waals surface area contributed by atoms with Crippen LogP contribution in [0.15, 0.2) is 36.4 Å². The Kier molecular flexibility index (Phi) is 5.00. The van der Waals surface area contributed by atoms with Crippen molar-refractivity contribution in [1.29, 1.82) is 0 Å². The lowest BCUT2D eigenvalue weighted by Gasteiger charge is -2.34. The van der Waals surface area contributed by atoms with E-state index in [-0.39, 0.29) is 0 Å². The Morgan fingerprint density at radius 3 is 2.21 bits per heavy atom. The lowest BCUT2D eigenvalue weighted by Crippen LogP contribution is -2.46. The molecule has 0 aliphatic carbocycles. The molecule has 1 fully saturated rings. The average molecular weight is 260 g/mol. The molecule has 3 nitrogen and oxygen atoms in total. The highest BCUT2D eigenvalue weighted by molar-refractivity contribution is 5.27. The highest BCUT2D eigenvalue weighted by atomic mass is 16.5. The minimum Gasteiger partial charge on any atom is -0.497 e. The van der Waals surface area contributed by atoms with E-state index in [1.807, 2.05) is 12.1 Å². The lowest BCUT2D eigenvalue weighted by molar-refractivity contribution is 0.135. The molecule has 104 valence electrons. The molecule has 3 heteroatoms. The van der Waals surface area contributed by atoms with E-state index >= 15 is 0 Å². The van der Waals surface area contributed by atoms with Crippen LogP contribution in [0.2, 0.25) is 0 Å². The number of nitrogens with zero attached hydrogens (tertiary/aromatic N) is 2. The summed E-state index contributed by atoms with van der Waals surface area (Å²) in [6.07, 6.45) is 0. The molecule has 19 heavy (non-hydrogen) atoms. The van der Waals surface area contributed by atoms with E-state index in [0.29, 0.717) is 0 Å². The van der Waals surface area contributed by atoms with Gasteiger partial charge in [-0.2, -0.15) is 0 Å². The largest absolute Gasteiger partial charge is 0.497 e. The van der Waals surface area contributed by atoms with Crippen LogP contribution < -0.4 is 4.74 Å². The summed E-state index contributed by atoms with van der Waals surface area (Å²) in [6.45, 7) is 12.7. The molecule has 1 aromatic rings. The maximum absolute atomic E-state index is 5.18. The molecule has 0 radical (unpaired) electrons. The minimum absolute atomic E-state index is 0.926. The Morgan fingerprint density at radius 1 is 1.11 bits per heavy atom. The number of hydrogen-bond donors (Lipinski definition) is 0. The summed E-state index contributed by atoms with van der Waals surface area (Å²) in [5.74, 6) is 0.926. The summed E-state index contributed by atoms with van der Waals surface area (Å²) in [6, 6.07) is 8.37. The highest BCUT2D eigenvalue weighted by Gasteiger charge is 2.16. The quantitative estimate of drug-likeness (QED) is 0.756. The van der Waals surface area contributed by atoms with Gasteiger partial charge in [0.05, 0.1) is 7.11 Å². The van der Waals surface area contributed by atoms with Gasteiger partial charge >= 0.3 is 0 Å². The number of rotatable bonds is 5. The topological polar surface area (TPSA) is 15.7 Å². The molecular weight excluding hydrogens is 236 g/mol. The normalized spacial score (nSPS) is 17.4. The third-order valence-electron chi connectivity index (χ3n) is 3.52. The number of hydrogen-bond acceptors (Lipinski definition) is 3. The molecule has 1 aromatic carbocycles. The van der Waals surface area contributed by atoms with Gasteiger partial charge in [0.2, 0.25) is 0 Å². The molecule has 1 saturated heterocycles. The van der Waals surface area contributed by atoms with Crippen molar-refractivity contribution in [1.82, 2.24) is 9.80 Å². The monoisotopic (exact) mass is 260 g/mol. The average Bonchev–Trinajstić information content (AvgIpc) is 2.41. The Hall–Kier alpha value is -1.32. The van der Waals surface area contributed by atoms with Crippen molar-refractivity contribution in [2.45, 2.75) is 13.5 Å². The van der Waals surface area contributed by atoms with Gasteiger partial charge in [-0.1, -0.05) is 24.3 Å². The molecule has 1 aliphatic rings. The zero-order valence-electron chi connectivity index (χ0n) is 12.1. The van der Waals surface area contributed by atoms with E-state index in [9.17, 15) is 0 Å². The van der Waals surface area contributed by atoms with Crippen molar-refractivity contribution in [3.05, 3.63) is 42.0 Å². The van der Waals surface area contributed by atoms with Crippen LogP contribution in [0.25, 0.3) is 0 Å². The summed E-state index contributed by atoms with van der Waals surface area (Å²) >= 11 is 0. The van der Waals surface area contributed by atoms with Crippen LogP contribution in [0, 0.1) is 0 Å². The van der Waals surface area contributed by atoms with Crippen LogP contribution in [0.3, 0.4) is 0 Å². The van der Waals surface area contributed by atoms with Gasteiger partial charge in [-0.05, 0) is 24.6 Å². The fraction of sp³-hybridized carbons (Fsp3) is 0.500. The fourth-order valence-electron chi connectivity index (χ4n) is 2.48. The van der Waals surface area contributed by atoms with Crippen molar-refractivity contribution in [3.63, 3.8) is 0 Å². The first-order chi connectivity index (χ1) is 9.17. The second-order valence-electron chi connectivity index (χ2n) is 5.36. The number of ether oxygens (including phenoxy) is 1. The van der Waals surface area contributed by atoms with E-state index in [4.69, 9.17) is 4.74 Å². The van der Waals surface area contributed by atoms with Gasteiger partial charge in [0.15, 0.2) is 0 Å². The van der Waals surface area contributed by atoms with E-state index in [2.05, 4.69) is 35.4 Å². The van der Waals surface area contributed by atoms with Gasteiger partial charge < -0.3 is 4.74 Å². The Balaban J connectivity index is 1.80. The number of methoxy groups -OCH3 is 1. The Morgan fingerprint density at radius 2 is 1.68 bits per heavy atom. The van der Waals surface area contributed by atoms with Gasteiger partial charge in [0, 0.05) is 39.3 Å². The molecule has 0 spiro atoms. The summed E-state index contributed by atoms with van der Waals surface area (Å²) in [5, 5.41) is 0. The molecule has 0 unspecified atom stereocenters. The summed E-state index contributed by atoms with van der Waals surface area (Å²) in [5.41, 5.74) is 2.61. The van der Waals surface area contributed by atoms with Crippen molar-refractivity contribution >= 4 is 0 Å². The van der Waals surface area contributed by atoms with Crippen molar-refractivity contribution in [2.24, 2.45) is 0 Å². The lowest BCUT2D eigenvalue weighted by atomic mass is 10.2. The van der Waals surface area contributed by atoms with Crippen molar-refractivity contribution in [2.75, 3.05) is 39.8 Å². The predicted molar refractivity (Wildman–Crippen MR) is 79.5 cm³/mol. The maximum Gasteiger partial charge on any atom is 0.118 e.